The Kier molecular flexibility index (Phi) is 10.3. The SMILES string of the molecule is C#CC12OCOC1C(CF)(COP(=O)(OCOC(=O)OC(C)C)OCOC(=O)OC(C)C)OC2n1cnc2c(N)ncnc21. The first-order valence-corrected chi connectivity index (χ1v) is 14.4. The van der Waals surface area contributed by atoms with E-state index < -0.39 is 82.7 Å². The summed E-state index contributed by atoms with van der Waals surface area (Å²) in [4.78, 5) is 35.7. The Hall–Kier alpha value is -3.63. The van der Waals surface area contributed by atoms with Crippen molar-refractivity contribution in [2.45, 2.75) is 63.4 Å². The molecule has 0 aromatic carbocycles. The van der Waals surface area contributed by atoms with Crippen LogP contribution in [0.2, 0.25) is 0 Å². The van der Waals surface area contributed by atoms with Crippen LogP contribution in [0.25, 0.3) is 11.2 Å². The Balaban J connectivity index is 1.57. The zero-order valence-electron chi connectivity index (χ0n) is 24.1. The number of hydrogen-bond acceptors (Lipinski definition) is 17. The zero-order chi connectivity index (χ0) is 32.1. The summed E-state index contributed by atoms with van der Waals surface area (Å²) >= 11 is 0. The molecule has 2 aromatic heterocycles. The highest BCUT2D eigenvalue weighted by Gasteiger charge is 2.70. The molecule has 0 bridgehead atoms. The Morgan fingerprint density at radius 1 is 1.14 bits per heavy atom. The number of alkyl halides is 1. The highest BCUT2D eigenvalue weighted by Crippen LogP contribution is 2.55. The van der Waals surface area contributed by atoms with E-state index in [1.54, 1.807) is 27.7 Å². The van der Waals surface area contributed by atoms with Crippen LogP contribution in [0, 0.1) is 12.3 Å². The minimum atomic E-state index is -4.82. The number of imidazole rings is 1. The van der Waals surface area contributed by atoms with E-state index in [0.717, 1.165) is 0 Å². The number of terminal acetylenes is 1. The number of carbonyl (C=O) groups is 2. The van der Waals surface area contributed by atoms with Gasteiger partial charge in [0.1, 0.15) is 31.4 Å². The molecule has 0 amide bonds. The van der Waals surface area contributed by atoms with Crippen molar-refractivity contribution in [3.63, 3.8) is 0 Å². The molecule has 2 N–H and O–H groups in total. The van der Waals surface area contributed by atoms with Crippen molar-refractivity contribution in [2.75, 3.05) is 39.4 Å². The minimum absolute atomic E-state index is 0.0657. The molecule has 0 saturated carbocycles. The molecule has 20 heteroatoms. The van der Waals surface area contributed by atoms with E-state index in [9.17, 15) is 14.2 Å². The van der Waals surface area contributed by atoms with Gasteiger partial charge in [-0.15, -0.1) is 6.42 Å². The molecular weight excluding hydrogens is 616 g/mol. The molecule has 0 radical (unpaired) electrons. The Morgan fingerprint density at radius 2 is 1.77 bits per heavy atom. The second-order valence-corrected chi connectivity index (χ2v) is 11.5. The van der Waals surface area contributed by atoms with Crippen molar-refractivity contribution in [3.05, 3.63) is 12.7 Å². The van der Waals surface area contributed by atoms with Crippen molar-refractivity contribution in [2.24, 2.45) is 0 Å². The van der Waals surface area contributed by atoms with E-state index in [-0.39, 0.29) is 23.8 Å². The van der Waals surface area contributed by atoms with Crippen LogP contribution in [0.1, 0.15) is 33.9 Å². The number of hydrogen-bond donors (Lipinski definition) is 1. The number of rotatable bonds is 13. The van der Waals surface area contributed by atoms with E-state index in [1.165, 1.54) is 17.2 Å². The number of halogens is 1. The maximum Gasteiger partial charge on any atom is 0.510 e. The Labute approximate surface area is 250 Å². The number of phosphoric ester groups is 1. The molecule has 44 heavy (non-hydrogen) atoms. The molecule has 4 atom stereocenters. The molecule has 2 aliphatic rings. The van der Waals surface area contributed by atoms with E-state index in [2.05, 4.69) is 20.9 Å². The van der Waals surface area contributed by atoms with Crippen LogP contribution in [-0.4, -0.2) is 95.0 Å². The molecule has 4 heterocycles. The lowest BCUT2D eigenvalue weighted by atomic mass is 9.87. The van der Waals surface area contributed by atoms with Crippen molar-refractivity contribution in [1.82, 2.24) is 19.5 Å². The number of phosphoric acid groups is 1. The number of anilines is 1. The summed E-state index contributed by atoms with van der Waals surface area (Å²) in [5.74, 6) is 2.54. The van der Waals surface area contributed by atoms with Gasteiger partial charge < -0.3 is 38.9 Å². The fourth-order valence-corrected chi connectivity index (χ4v) is 5.25. The summed E-state index contributed by atoms with van der Waals surface area (Å²) in [6.07, 6.45) is 2.36. The first kappa shape index (κ1) is 33.3. The monoisotopic (exact) mass is 647 g/mol. The minimum Gasteiger partial charge on any atom is -0.432 e. The fraction of sp³-hybridized carbons (Fsp3) is 0.625. The topological polar surface area (TPSA) is 213 Å². The van der Waals surface area contributed by atoms with Gasteiger partial charge in [0.05, 0.1) is 25.1 Å². The number of nitrogens with zero attached hydrogens (tertiary/aromatic N) is 4. The molecule has 2 fully saturated rings. The van der Waals surface area contributed by atoms with Gasteiger partial charge in [-0.25, -0.2) is 42.5 Å². The second kappa shape index (κ2) is 13.6. The largest absolute Gasteiger partial charge is 0.510 e. The fourth-order valence-electron chi connectivity index (χ4n) is 4.29. The number of fused-ring (bicyclic) bond motifs is 2. The number of aromatic nitrogens is 4. The van der Waals surface area contributed by atoms with Gasteiger partial charge in [0.25, 0.3) is 0 Å². The normalized spacial score (nSPS) is 24.8. The summed E-state index contributed by atoms with van der Waals surface area (Å²) in [5.41, 5.74) is 2.47. The van der Waals surface area contributed by atoms with E-state index >= 15 is 4.39 Å². The highest BCUT2D eigenvalue weighted by atomic mass is 31.2. The molecule has 242 valence electrons. The molecule has 2 aliphatic heterocycles. The first-order valence-electron chi connectivity index (χ1n) is 13.0. The van der Waals surface area contributed by atoms with Gasteiger partial charge in [-0.3, -0.25) is 9.09 Å². The summed E-state index contributed by atoms with van der Waals surface area (Å²) in [6.45, 7) is 1.73. The summed E-state index contributed by atoms with van der Waals surface area (Å²) in [6, 6.07) is 0. The van der Waals surface area contributed by atoms with Gasteiger partial charge in [-0.2, -0.15) is 0 Å². The predicted molar refractivity (Wildman–Crippen MR) is 142 cm³/mol. The molecule has 4 rings (SSSR count). The Morgan fingerprint density at radius 3 is 2.34 bits per heavy atom. The Bertz CT molecular complexity index is 1400. The number of nitrogen functional groups attached to an aromatic ring is 1. The van der Waals surface area contributed by atoms with Gasteiger partial charge in [0.2, 0.25) is 19.2 Å². The third-order valence-electron chi connectivity index (χ3n) is 6.11. The molecule has 2 aromatic rings. The summed E-state index contributed by atoms with van der Waals surface area (Å²) < 4.78 is 82.0. The van der Waals surface area contributed by atoms with Gasteiger partial charge in [-0.1, -0.05) is 5.92 Å². The quantitative estimate of drug-likeness (QED) is 0.143. The van der Waals surface area contributed by atoms with Crippen molar-refractivity contribution >= 4 is 37.1 Å². The third kappa shape index (κ3) is 6.86. The van der Waals surface area contributed by atoms with Crippen LogP contribution in [0.3, 0.4) is 0 Å². The summed E-state index contributed by atoms with van der Waals surface area (Å²) in [5, 5.41) is 0. The second-order valence-electron chi connectivity index (χ2n) is 9.83. The lowest BCUT2D eigenvalue weighted by Gasteiger charge is -2.31. The van der Waals surface area contributed by atoms with Crippen LogP contribution < -0.4 is 5.73 Å². The summed E-state index contributed by atoms with van der Waals surface area (Å²) in [7, 11) is -4.82. The van der Waals surface area contributed by atoms with Gasteiger partial charge in [0, 0.05) is 0 Å². The molecule has 18 nitrogen and oxygen atoms in total. The molecule has 0 spiro atoms. The lowest BCUT2D eigenvalue weighted by Crippen LogP contribution is -2.52. The van der Waals surface area contributed by atoms with Crippen molar-refractivity contribution in [3.8, 4) is 12.3 Å². The van der Waals surface area contributed by atoms with Crippen LogP contribution in [0.5, 0.6) is 0 Å². The third-order valence-corrected chi connectivity index (χ3v) is 7.40. The van der Waals surface area contributed by atoms with Crippen LogP contribution in [-0.2, 0) is 51.3 Å². The van der Waals surface area contributed by atoms with Gasteiger partial charge in [0.15, 0.2) is 23.3 Å². The standard InChI is InChI=1S/C24H31FN5O13P/c1-6-24-19(34-11-37-24)23(7-25,43-20(24)30-10-29-16-17(26)27-9-28-18(16)30)8-38-44(33,39-12-35-21(31)41-14(2)3)40-13-36-22(32)42-15(4)5/h1,9-10,14-15,19-20H,7-8,11-13H2,2-5H3,(H2,26,27,28). The smallest absolute Gasteiger partial charge is 0.432 e. The molecule has 2 saturated heterocycles. The lowest BCUT2D eigenvalue weighted by molar-refractivity contribution is -0.174. The zero-order valence-corrected chi connectivity index (χ0v) is 25.0. The van der Waals surface area contributed by atoms with Crippen molar-refractivity contribution < 1.29 is 65.3 Å². The van der Waals surface area contributed by atoms with E-state index in [0.29, 0.717) is 0 Å². The molecular formula is C24H31FN5O13P. The van der Waals surface area contributed by atoms with Gasteiger partial charge in [-0.05, 0) is 27.7 Å². The van der Waals surface area contributed by atoms with Crippen molar-refractivity contribution in [1.29, 1.82) is 0 Å². The average molecular weight is 648 g/mol. The van der Waals surface area contributed by atoms with E-state index in [4.69, 9.17) is 58.9 Å². The molecule has 4 unspecified atom stereocenters. The first-order chi connectivity index (χ1) is 20.9. The number of carbonyl (C=O) groups excluding carboxylic acids is 2. The number of ether oxygens (including phenoxy) is 7. The van der Waals surface area contributed by atoms with Gasteiger partial charge >= 0.3 is 20.1 Å². The van der Waals surface area contributed by atoms with Crippen LogP contribution in [0.15, 0.2) is 12.7 Å². The maximum absolute atomic E-state index is 15.0. The molecule has 0 aliphatic carbocycles. The van der Waals surface area contributed by atoms with E-state index in [1.807, 2.05) is 0 Å². The number of nitrogens with two attached hydrogens (primary N) is 1. The average Bonchev–Trinajstić information content (AvgIpc) is 3.65. The highest BCUT2D eigenvalue weighted by molar-refractivity contribution is 7.48. The maximum atomic E-state index is 15.0. The predicted octanol–water partition coefficient (Wildman–Crippen LogP) is 2.59. The van der Waals surface area contributed by atoms with Crippen LogP contribution in [0.4, 0.5) is 19.8 Å². The van der Waals surface area contributed by atoms with Crippen LogP contribution >= 0.6 is 7.82 Å².